The lowest BCUT2D eigenvalue weighted by Crippen LogP contribution is -2.11. The summed E-state index contributed by atoms with van der Waals surface area (Å²) in [6, 6.07) is 16.0. The minimum atomic E-state index is 0.251. The molecule has 1 N–H and O–H groups in total. The molecule has 1 amide bonds. The molecule has 0 fully saturated rings. The normalized spacial score (nSPS) is 11.8. The van der Waals surface area contributed by atoms with E-state index in [1.807, 2.05) is 36.4 Å². The van der Waals surface area contributed by atoms with E-state index in [0.29, 0.717) is 6.41 Å². The van der Waals surface area contributed by atoms with Crippen LogP contribution in [0.25, 0.3) is 11.1 Å². The minimum absolute atomic E-state index is 0.251. The molecule has 0 saturated heterocycles. The van der Waals surface area contributed by atoms with Gasteiger partial charge in [-0.3, -0.25) is 4.79 Å². The van der Waals surface area contributed by atoms with Crippen LogP contribution in [-0.2, 0) is 4.79 Å². The number of unbranched alkanes of at least 4 members (excludes halogenated alkanes) is 4. The number of benzene rings is 2. The number of nitrogens with one attached hydrogen (secondary N) is 1. The van der Waals surface area contributed by atoms with Gasteiger partial charge in [0, 0.05) is 5.69 Å². The SMILES string of the molecule is CCCCCCC[C@@H](C)Oc1ccc(-c2ccc(NC=O)cc2)cc1. The summed E-state index contributed by atoms with van der Waals surface area (Å²) in [5, 5.41) is 2.64. The van der Waals surface area contributed by atoms with E-state index in [4.69, 9.17) is 4.74 Å². The van der Waals surface area contributed by atoms with E-state index in [-0.39, 0.29) is 6.10 Å². The molecule has 3 heteroatoms. The van der Waals surface area contributed by atoms with Gasteiger partial charge in [-0.25, -0.2) is 0 Å². The van der Waals surface area contributed by atoms with E-state index < -0.39 is 0 Å². The van der Waals surface area contributed by atoms with Crippen molar-refractivity contribution in [1.29, 1.82) is 0 Å². The first-order valence-corrected chi connectivity index (χ1v) is 9.30. The Morgan fingerprint density at radius 1 is 0.920 bits per heavy atom. The summed E-state index contributed by atoms with van der Waals surface area (Å²) in [4.78, 5) is 10.4. The van der Waals surface area contributed by atoms with Crippen molar-refractivity contribution < 1.29 is 9.53 Å². The summed E-state index contributed by atoms with van der Waals surface area (Å²) in [6.07, 6.45) is 8.54. The molecule has 0 heterocycles. The highest BCUT2D eigenvalue weighted by Crippen LogP contribution is 2.24. The molecule has 134 valence electrons. The Morgan fingerprint density at radius 3 is 2.12 bits per heavy atom. The minimum Gasteiger partial charge on any atom is -0.491 e. The summed E-state index contributed by atoms with van der Waals surface area (Å²) < 4.78 is 6.01. The van der Waals surface area contributed by atoms with Gasteiger partial charge in [-0.1, -0.05) is 56.9 Å². The van der Waals surface area contributed by atoms with Crippen molar-refractivity contribution in [3.63, 3.8) is 0 Å². The van der Waals surface area contributed by atoms with Crippen LogP contribution in [0.1, 0.15) is 52.4 Å². The monoisotopic (exact) mass is 339 g/mol. The van der Waals surface area contributed by atoms with E-state index in [9.17, 15) is 4.79 Å². The van der Waals surface area contributed by atoms with E-state index in [0.717, 1.165) is 29.0 Å². The fraction of sp³-hybridized carbons (Fsp3) is 0.409. The smallest absolute Gasteiger partial charge is 0.211 e. The summed E-state index contributed by atoms with van der Waals surface area (Å²) in [7, 11) is 0. The molecule has 0 aliphatic carbocycles. The van der Waals surface area contributed by atoms with E-state index >= 15 is 0 Å². The number of hydrogen-bond acceptors (Lipinski definition) is 2. The highest BCUT2D eigenvalue weighted by atomic mass is 16.5. The number of hydrogen-bond donors (Lipinski definition) is 1. The number of anilines is 1. The topological polar surface area (TPSA) is 38.3 Å². The first-order valence-electron chi connectivity index (χ1n) is 9.30. The third-order valence-corrected chi connectivity index (χ3v) is 4.35. The Morgan fingerprint density at radius 2 is 1.52 bits per heavy atom. The molecule has 3 nitrogen and oxygen atoms in total. The van der Waals surface area contributed by atoms with E-state index in [2.05, 4.69) is 31.3 Å². The Balaban J connectivity index is 1.83. The van der Waals surface area contributed by atoms with Gasteiger partial charge in [-0.05, 0) is 55.2 Å². The van der Waals surface area contributed by atoms with Crippen molar-refractivity contribution >= 4 is 12.1 Å². The Kier molecular flexibility index (Phi) is 8.03. The summed E-state index contributed by atoms with van der Waals surface area (Å²) in [5.41, 5.74) is 3.05. The lowest BCUT2D eigenvalue weighted by atomic mass is 10.1. The number of rotatable bonds is 11. The van der Waals surface area contributed by atoms with Crippen LogP contribution in [0.3, 0.4) is 0 Å². The summed E-state index contributed by atoms with van der Waals surface area (Å²) in [6.45, 7) is 4.39. The number of carbonyl (C=O) groups is 1. The van der Waals surface area contributed by atoms with Crippen LogP contribution in [0, 0.1) is 0 Å². The van der Waals surface area contributed by atoms with Crippen molar-refractivity contribution in [1.82, 2.24) is 0 Å². The second-order valence-electron chi connectivity index (χ2n) is 6.50. The Bertz CT molecular complexity index is 619. The van der Waals surface area contributed by atoms with Crippen LogP contribution >= 0.6 is 0 Å². The van der Waals surface area contributed by atoms with Crippen LogP contribution in [-0.4, -0.2) is 12.5 Å². The Hall–Kier alpha value is -2.29. The maximum Gasteiger partial charge on any atom is 0.211 e. The molecule has 0 aromatic heterocycles. The second kappa shape index (κ2) is 10.5. The second-order valence-corrected chi connectivity index (χ2v) is 6.50. The van der Waals surface area contributed by atoms with E-state index in [1.165, 1.54) is 32.1 Å². The molecule has 0 saturated carbocycles. The van der Waals surface area contributed by atoms with Crippen LogP contribution < -0.4 is 10.1 Å². The maximum atomic E-state index is 10.4. The molecule has 2 aromatic carbocycles. The zero-order chi connectivity index (χ0) is 17.9. The first-order chi connectivity index (χ1) is 12.2. The van der Waals surface area contributed by atoms with Crippen LogP contribution in [0.4, 0.5) is 5.69 Å². The molecule has 0 radical (unpaired) electrons. The molecule has 0 aliphatic rings. The van der Waals surface area contributed by atoms with Gasteiger partial charge in [0.25, 0.3) is 0 Å². The average molecular weight is 339 g/mol. The molecular weight excluding hydrogens is 310 g/mol. The van der Waals surface area contributed by atoms with Gasteiger partial charge in [-0.15, -0.1) is 0 Å². The van der Waals surface area contributed by atoms with Crippen molar-refractivity contribution in [2.75, 3.05) is 5.32 Å². The molecule has 2 aromatic rings. The van der Waals surface area contributed by atoms with Crippen molar-refractivity contribution in [2.24, 2.45) is 0 Å². The lowest BCUT2D eigenvalue weighted by molar-refractivity contribution is -0.105. The third-order valence-electron chi connectivity index (χ3n) is 4.35. The summed E-state index contributed by atoms with van der Waals surface area (Å²) in [5.74, 6) is 0.920. The fourth-order valence-electron chi connectivity index (χ4n) is 2.88. The van der Waals surface area contributed by atoms with Gasteiger partial charge < -0.3 is 10.1 Å². The molecule has 0 aliphatic heterocycles. The number of amides is 1. The van der Waals surface area contributed by atoms with Gasteiger partial charge in [-0.2, -0.15) is 0 Å². The molecule has 0 bridgehead atoms. The number of carbonyl (C=O) groups excluding carboxylic acids is 1. The zero-order valence-corrected chi connectivity index (χ0v) is 15.3. The zero-order valence-electron chi connectivity index (χ0n) is 15.3. The predicted molar refractivity (Wildman–Crippen MR) is 105 cm³/mol. The molecule has 25 heavy (non-hydrogen) atoms. The van der Waals surface area contributed by atoms with Crippen LogP contribution in [0.5, 0.6) is 5.75 Å². The highest BCUT2D eigenvalue weighted by Gasteiger charge is 2.05. The van der Waals surface area contributed by atoms with Gasteiger partial charge in [0.2, 0.25) is 6.41 Å². The van der Waals surface area contributed by atoms with Crippen molar-refractivity contribution in [3.05, 3.63) is 48.5 Å². The van der Waals surface area contributed by atoms with Crippen molar-refractivity contribution in [3.8, 4) is 16.9 Å². The maximum absolute atomic E-state index is 10.4. The fourth-order valence-corrected chi connectivity index (χ4v) is 2.88. The molecule has 0 unspecified atom stereocenters. The molecule has 0 spiro atoms. The summed E-state index contributed by atoms with van der Waals surface area (Å²) >= 11 is 0. The van der Waals surface area contributed by atoms with Gasteiger partial charge in [0.05, 0.1) is 6.10 Å². The van der Waals surface area contributed by atoms with Gasteiger partial charge >= 0.3 is 0 Å². The predicted octanol–water partition coefficient (Wildman–Crippen LogP) is 6.05. The highest BCUT2D eigenvalue weighted by molar-refractivity contribution is 5.74. The van der Waals surface area contributed by atoms with Gasteiger partial charge in [0.1, 0.15) is 5.75 Å². The lowest BCUT2D eigenvalue weighted by Gasteiger charge is -2.15. The molecule has 1 atom stereocenters. The average Bonchev–Trinajstić information content (AvgIpc) is 2.63. The first kappa shape index (κ1) is 19.0. The quantitative estimate of drug-likeness (QED) is 0.400. The van der Waals surface area contributed by atoms with Gasteiger partial charge in [0.15, 0.2) is 0 Å². The van der Waals surface area contributed by atoms with E-state index in [1.54, 1.807) is 0 Å². The van der Waals surface area contributed by atoms with Crippen molar-refractivity contribution in [2.45, 2.75) is 58.5 Å². The van der Waals surface area contributed by atoms with Crippen LogP contribution in [0.15, 0.2) is 48.5 Å². The number of ether oxygens (including phenoxy) is 1. The standard InChI is InChI=1S/C22H29NO2/c1-3-4-5-6-7-8-18(2)25-22-15-11-20(12-16-22)19-9-13-21(14-10-19)23-17-24/h9-18H,3-8H2,1-2H3,(H,23,24)/t18-/m1/s1. The molecule has 2 rings (SSSR count). The molecular formula is C22H29NO2. The third kappa shape index (κ3) is 6.61. The van der Waals surface area contributed by atoms with Crippen LogP contribution in [0.2, 0.25) is 0 Å². The Labute approximate surface area is 151 Å². The largest absolute Gasteiger partial charge is 0.491 e.